The van der Waals surface area contributed by atoms with Gasteiger partial charge in [-0.3, -0.25) is 4.79 Å². The molecule has 0 saturated heterocycles. The average Bonchev–Trinajstić information content (AvgIpc) is 3.19. The van der Waals surface area contributed by atoms with Gasteiger partial charge in [0.25, 0.3) is 5.91 Å². The van der Waals surface area contributed by atoms with Crippen molar-refractivity contribution in [2.75, 3.05) is 14.2 Å². The molecule has 1 amide bonds. The second-order valence-electron chi connectivity index (χ2n) is 7.80. The van der Waals surface area contributed by atoms with Gasteiger partial charge >= 0.3 is 6.18 Å². The molecule has 0 saturated carbocycles. The normalized spacial score (nSPS) is 11.5. The van der Waals surface area contributed by atoms with Crippen molar-refractivity contribution in [3.05, 3.63) is 75.8 Å². The number of nitrogens with one attached hydrogen (secondary N) is 1. The number of benzene rings is 3. The number of para-hydroxylation sites is 1. The Morgan fingerprint density at radius 1 is 1.03 bits per heavy atom. The molecule has 1 heterocycles. The van der Waals surface area contributed by atoms with Crippen LogP contribution in [-0.4, -0.2) is 35.9 Å². The van der Waals surface area contributed by atoms with E-state index < -0.39 is 18.6 Å². The van der Waals surface area contributed by atoms with Crippen LogP contribution in [0.15, 0.2) is 54.6 Å². The van der Waals surface area contributed by atoms with E-state index in [9.17, 15) is 18.0 Å². The summed E-state index contributed by atoms with van der Waals surface area (Å²) in [6, 6.07) is 14.1. The van der Waals surface area contributed by atoms with Crippen LogP contribution in [0.5, 0.6) is 11.5 Å². The SMILES string of the molecule is COc1cccc(CNC(=O)c2ccc3c(c2)nc(-c2ccc(Cl)c(Cl)c2)n3CC(F)(F)F)c1OC. The lowest BCUT2D eigenvalue weighted by Crippen LogP contribution is -2.23. The fourth-order valence-corrected chi connectivity index (χ4v) is 4.13. The summed E-state index contributed by atoms with van der Waals surface area (Å²) in [5.41, 5.74) is 1.75. The molecule has 1 N–H and O–H groups in total. The van der Waals surface area contributed by atoms with Crippen molar-refractivity contribution < 1.29 is 27.4 Å². The summed E-state index contributed by atoms with van der Waals surface area (Å²) in [7, 11) is 3.01. The summed E-state index contributed by atoms with van der Waals surface area (Å²) in [4.78, 5) is 17.3. The third-order valence-corrected chi connectivity index (χ3v) is 6.19. The summed E-state index contributed by atoms with van der Waals surface area (Å²) in [5.74, 6) is 0.645. The minimum atomic E-state index is -4.50. The third kappa shape index (κ3) is 5.37. The lowest BCUT2D eigenvalue weighted by atomic mass is 10.1. The molecule has 0 atom stereocenters. The number of fused-ring (bicyclic) bond motifs is 1. The van der Waals surface area contributed by atoms with Crippen LogP contribution in [0.4, 0.5) is 13.2 Å². The number of alkyl halides is 3. The zero-order chi connectivity index (χ0) is 26.0. The van der Waals surface area contributed by atoms with Gasteiger partial charge in [0.15, 0.2) is 11.5 Å². The number of imidazole rings is 1. The van der Waals surface area contributed by atoms with E-state index in [1.54, 1.807) is 18.2 Å². The molecule has 6 nitrogen and oxygen atoms in total. The summed E-state index contributed by atoms with van der Waals surface area (Å²) >= 11 is 12.0. The van der Waals surface area contributed by atoms with Gasteiger partial charge in [0.2, 0.25) is 0 Å². The summed E-state index contributed by atoms with van der Waals surface area (Å²) < 4.78 is 51.9. The molecule has 4 aromatic rings. The van der Waals surface area contributed by atoms with Gasteiger partial charge in [-0.1, -0.05) is 35.3 Å². The van der Waals surface area contributed by atoms with Crippen LogP contribution in [0.2, 0.25) is 10.0 Å². The Bertz CT molecular complexity index is 1440. The van der Waals surface area contributed by atoms with Gasteiger partial charge in [0.1, 0.15) is 12.4 Å². The Labute approximate surface area is 214 Å². The lowest BCUT2D eigenvalue weighted by Gasteiger charge is -2.13. The number of amides is 1. The first kappa shape index (κ1) is 25.7. The average molecular weight is 538 g/mol. The molecular weight excluding hydrogens is 518 g/mol. The van der Waals surface area contributed by atoms with Gasteiger partial charge in [0.05, 0.1) is 35.3 Å². The van der Waals surface area contributed by atoms with E-state index in [0.717, 1.165) is 4.57 Å². The maximum absolute atomic E-state index is 13.4. The van der Waals surface area contributed by atoms with Gasteiger partial charge in [0, 0.05) is 23.2 Å². The zero-order valence-electron chi connectivity index (χ0n) is 19.1. The number of ether oxygens (including phenoxy) is 2. The standard InChI is InChI=1S/C25H20Cl2F3N3O3/c1-35-21-5-3-4-16(22(21)36-2)12-31-24(34)15-7-9-20-19(11-15)32-23(33(20)13-25(28,29)30)14-6-8-17(26)18(27)10-14/h3-11H,12-13H2,1-2H3,(H,31,34). The number of hydrogen-bond acceptors (Lipinski definition) is 4. The van der Waals surface area contributed by atoms with Gasteiger partial charge in [-0.15, -0.1) is 0 Å². The monoisotopic (exact) mass is 537 g/mol. The van der Waals surface area contributed by atoms with Crippen LogP contribution in [0.3, 0.4) is 0 Å². The van der Waals surface area contributed by atoms with Crippen molar-refractivity contribution >= 4 is 40.1 Å². The van der Waals surface area contributed by atoms with E-state index >= 15 is 0 Å². The number of carbonyl (C=O) groups is 1. The molecule has 188 valence electrons. The van der Waals surface area contributed by atoms with E-state index in [1.807, 2.05) is 0 Å². The van der Waals surface area contributed by atoms with Crippen molar-refractivity contribution in [3.63, 3.8) is 0 Å². The molecule has 0 aliphatic rings. The molecule has 11 heteroatoms. The molecule has 0 fully saturated rings. The van der Waals surface area contributed by atoms with Crippen molar-refractivity contribution in [3.8, 4) is 22.9 Å². The first-order valence-corrected chi connectivity index (χ1v) is 11.4. The van der Waals surface area contributed by atoms with E-state index in [-0.39, 0.29) is 39.0 Å². The smallest absolute Gasteiger partial charge is 0.406 e. The maximum Gasteiger partial charge on any atom is 0.406 e. The molecule has 0 unspecified atom stereocenters. The van der Waals surface area contributed by atoms with Crippen LogP contribution in [0.25, 0.3) is 22.4 Å². The van der Waals surface area contributed by atoms with E-state index in [4.69, 9.17) is 32.7 Å². The summed E-state index contributed by atoms with van der Waals surface area (Å²) in [6.07, 6.45) is -4.50. The third-order valence-electron chi connectivity index (χ3n) is 5.45. The number of aromatic nitrogens is 2. The quantitative estimate of drug-likeness (QED) is 0.291. The molecule has 1 aromatic heterocycles. The van der Waals surface area contributed by atoms with Gasteiger partial charge in [-0.05, 0) is 42.5 Å². The topological polar surface area (TPSA) is 65.4 Å². The van der Waals surface area contributed by atoms with Gasteiger partial charge in [-0.25, -0.2) is 4.98 Å². The molecule has 4 rings (SSSR count). The van der Waals surface area contributed by atoms with Crippen LogP contribution >= 0.6 is 23.2 Å². The molecule has 3 aromatic carbocycles. The van der Waals surface area contributed by atoms with Gasteiger partial charge < -0.3 is 19.4 Å². The van der Waals surface area contributed by atoms with Crippen LogP contribution in [0, 0.1) is 0 Å². The first-order chi connectivity index (χ1) is 17.1. The number of halogens is 5. The van der Waals surface area contributed by atoms with Gasteiger partial charge in [-0.2, -0.15) is 13.2 Å². The minimum absolute atomic E-state index is 0.0552. The molecule has 0 bridgehead atoms. The Hall–Kier alpha value is -3.43. The maximum atomic E-state index is 13.4. The predicted molar refractivity (Wildman–Crippen MR) is 132 cm³/mol. The predicted octanol–water partition coefficient (Wildman–Crippen LogP) is 6.52. The Balaban J connectivity index is 1.67. The second kappa shape index (κ2) is 10.3. The summed E-state index contributed by atoms with van der Waals surface area (Å²) in [5, 5.41) is 3.25. The highest BCUT2D eigenvalue weighted by Gasteiger charge is 2.31. The second-order valence-corrected chi connectivity index (χ2v) is 8.62. The molecule has 0 spiro atoms. The highest BCUT2D eigenvalue weighted by atomic mass is 35.5. The number of carbonyl (C=O) groups excluding carboxylic acids is 1. The highest BCUT2D eigenvalue weighted by Crippen LogP contribution is 2.33. The van der Waals surface area contributed by atoms with E-state index in [1.165, 1.54) is 50.6 Å². The fraction of sp³-hybridized carbons (Fsp3) is 0.200. The molecule has 0 radical (unpaired) electrons. The Morgan fingerprint density at radius 2 is 1.81 bits per heavy atom. The Morgan fingerprint density at radius 3 is 2.47 bits per heavy atom. The Kier molecular flexibility index (Phi) is 7.33. The van der Waals surface area contributed by atoms with E-state index in [0.29, 0.717) is 22.6 Å². The number of rotatable bonds is 7. The van der Waals surface area contributed by atoms with Crippen molar-refractivity contribution in [1.82, 2.24) is 14.9 Å². The van der Waals surface area contributed by atoms with Crippen molar-refractivity contribution in [2.24, 2.45) is 0 Å². The zero-order valence-corrected chi connectivity index (χ0v) is 20.6. The fourth-order valence-electron chi connectivity index (χ4n) is 3.84. The molecular formula is C25H20Cl2F3N3O3. The largest absolute Gasteiger partial charge is 0.493 e. The lowest BCUT2D eigenvalue weighted by molar-refractivity contribution is -0.139. The molecule has 0 aliphatic carbocycles. The first-order valence-electron chi connectivity index (χ1n) is 10.6. The number of methoxy groups -OCH3 is 2. The van der Waals surface area contributed by atoms with Crippen LogP contribution < -0.4 is 14.8 Å². The summed E-state index contributed by atoms with van der Waals surface area (Å²) in [6.45, 7) is -1.12. The van der Waals surface area contributed by atoms with Crippen LogP contribution in [0.1, 0.15) is 15.9 Å². The van der Waals surface area contributed by atoms with Crippen LogP contribution in [-0.2, 0) is 13.1 Å². The molecule has 36 heavy (non-hydrogen) atoms. The number of hydrogen-bond donors (Lipinski definition) is 1. The minimum Gasteiger partial charge on any atom is -0.493 e. The van der Waals surface area contributed by atoms with Crippen molar-refractivity contribution in [2.45, 2.75) is 19.3 Å². The highest BCUT2D eigenvalue weighted by molar-refractivity contribution is 6.42. The van der Waals surface area contributed by atoms with Crippen molar-refractivity contribution in [1.29, 1.82) is 0 Å². The molecule has 0 aliphatic heterocycles. The number of nitrogens with zero attached hydrogens (tertiary/aromatic N) is 2. The van der Waals surface area contributed by atoms with E-state index in [2.05, 4.69) is 10.3 Å².